The number of amides is 2. The molecule has 12 heteroatoms. The predicted octanol–water partition coefficient (Wildman–Crippen LogP) is 3.33. The second kappa shape index (κ2) is 13.5. The van der Waals surface area contributed by atoms with Crippen molar-refractivity contribution in [2.24, 2.45) is 0 Å². The van der Waals surface area contributed by atoms with Crippen LogP contribution in [0, 0.1) is 0 Å². The number of pyridine rings is 4. The molecule has 4 rings (SSSR count). The number of unbranched alkanes of at least 4 members (excludes halogenated alkanes) is 2. The van der Waals surface area contributed by atoms with E-state index in [1.165, 1.54) is 49.1 Å². The lowest BCUT2D eigenvalue weighted by atomic mass is 10.1. The summed E-state index contributed by atoms with van der Waals surface area (Å²) in [6.07, 6.45) is 7.87. The Bertz CT molecular complexity index is 1470. The van der Waals surface area contributed by atoms with Gasteiger partial charge in [0.1, 0.15) is 0 Å². The van der Waals surface area contributed by atoms with E-state index in [9.17, 15) is 29.4 Å². The van der Waals surface area contributed by atoms with E-state index in [1.54, 1.807) is 24.3 Å². The Morgan fingerprint density at radius 2 is 0.829 bits per heavy atom. The molecule has 4 aromatic heterocycles. The molecule has 208 valence electrons. The van der Waals surface area contributed by atoms with Crippen molar-refractivity contribution in [3.63, 3.8) is 0 Å². The minimum absolute atomic E-state index is 0.0777. The van der Waals surface area contributed by atoms with Crippen molar-refractivity contribution >= 4 is 23.8 Å². The van der Waals surface area contributed by atoms with E-state index in [-0.39, 0.29) is 22.9 Å². The molecule has 41 heavy (non-hydrogen) atoms. The van der Waals surface area contributed by atoms with Crippen LogP contribution in [0.2, 0.25) is 0 Å². The molecule has 0 saturated carbocycles. The average Bonchev–Trinajstić information content (AvgIpc) is 3.00. The van der Waals surface area contributed by atoms with Crippen LogP contribution in [0.15, 0.2) is 73.3 Å². The molecule has 0 bridgehead atoms. The molecule has 0 saturated heterocycles. The highest BCUT2D eigenvalue weighted by Gasteiger charge is 2.12. The van der Waals surface area contributed by atoms with Gasteiger partial charge in [-0.05, 0) is 67.8 Å². The Kier molecular flexibility index (Phi) is 9.39. The quantitative estimate of drug-likeness (QED) is 0.189. The maximum atomic E-state index is 12.6. The predicted molar refractivity (Wildman–Crippen MR) is 147 cm³/mol. The SMILES string of the molecule is O=C(O)c1ccnc(-c2cc(C(=O)NCCCCCNC(=O)c3ccnc(-c4cc(C(=O)O)ccn4)c3)ccn2)c1. The van der Waals surface area contributed by atoms with Gasteiger partial charge in [-0.25, -0.2) is 9.59 Å². The van der Waals surface area contributed by atoms with Crippen molar-refractivity contribution < 1.29 is 29.4 Å². The summed E-state index contributed by atoms with van der Waals surface area (Å²) in [5, 5.41) is 24.0. The highest BCUT2D eigenvalue weighted by Crippen LogP contribution is 2.18. The fourth-order valence-electron chi connectivity index (χ4n) is 3.87. The zero-order chi connectivity index (χ0) is 29.2. The zero-order valence-electron chi connectivity index (χ0n) is 21.8. The van der Waals surface area contributed by atoms with Gasteiger partial charge in [-0.15, -0.1) is 0 Å². The number of aromatic nitrogens is 4. The average molecular weight is 555 g/mol. The number of carbonyl (C=O) groups excluding carboxylic acids is 2. The summed E-state index contributed by atoms with van der Waals surface area (Å²) >= 11 is 0. The number of rotatable bonds is 12. The first-order valence-corrected chi connectivity index (χ1v) is 12.7. The third kappa shape index (κ3) is 7.76. The molecule has 0 spiro atoms. The number of hydrogen-bond donors (Lipinski definition) is 4. The van der Waals surface area contributed by atoms with Crippen molar-refractivity contribution in [1.82, 2.24) is 30.6 Å². The van der Waals surface area contributed by atoms with Gasteiger partial charge in [0.15, 0.2) is 0 Å². The number of carbonyl (C=O) groups is 4. The van der Waals surface area contributed by atoms with Gasteiger partial charge in [0.2, 0.25) is 0 Å². The Morgan fingerprint density at radius 1 is 0.512 bits per heavy atom. The molecule has 0 aliphatic rings. The zero-order valence-corrected chi connectivity index (χ0v) is 21.8. The number of nitrogens with zero attached hydrogens (tertiary/aromatic N) is 4. The molecular formula is C29H26N6O6. The van der Waals surface area contributed by atoms with Crippen LogP contribution in [0.1, 0.15) is 60.7 Å². The molecule has 0 fully saturated rings. The van der Waals surface area contributed by atoms with Crippen LogP contribution >= 0.6 is 0 Å². The van der Waals surface area contributed by atoms with Crippen molar-refractivity contribution in [3.05, 3.63) is 95.6 Å². The molecule has 4 heterocycles. The third-order valence-corrected chi connectivity index (χ3v) is 6.01. The summed E-state index contributed by atoms with van der Waals surface area (Å²) in [4.78, 5) is 64.2. The van der Waals surface area contributed by atoms with Gasteiger partial charge < -0.3 is 20.8 Å². The van der Waals surface area contributed by atoms with Crippen molar-refractivity contribution in [2.45, 2.75) is 19.3 Å². The Balaban J connectivity index is 1.20. The normalized spacial score (nSPS) is 10.5. The molecule has 4 aromatic rings. The molecule has 0 atom stereocenters. The molecule has 2 amide bonds. The van der Waals surface area contributed by atoms with Crippen molar-refractivity contribution in [1.29, 1.82) is 0 Å². The molecule has 0 aliphatic carbocycles. The van der Waals surface area contributed by atoms with E-state index in [2.05, 4.69) is 30.6 Å². The third-order valence-electron chi connectivity index (χ3n) is 6.01. The van der Waals surface area contributed by atoms with E-state index in [0.717, 1.165) is 6.42 Å². The summed E-state index contributed by atoms with van der Waals surface area (Å²) in [5.74, 6) is -2.72. The van der Waals surface area contributed by atoms with Gasteiger partial charge in [-0.2, -0.15) is 0 Å². The maximum absolute atomic E-state index is 12.6. The van der Waals surface area contributed by atoms with Crippen molar-refractivity contribution in [3.8, 4) is 22.8 Å². The van der Waals surface area contributed by atoms with Crippen LogP contribution in [-0.2, 0) is 0 Å². The molecule has 12 nitrogen and oxygen atoms in total. The number of aromatic carboxylic acids is 2. The topological polar surface area (TPSA) is 184 Å². The van der Waals surface area contributed by atoms with Gasteiger partial charge in [0.05, 0.1) is 33.9 Å². The van der Waals surface area contributed by atoms with Crippen LogP contribution < -0.4 is 10.6 Å². The highest BCUT2D eigenvalue weighted by atomic mass is 16.4. The molecule has 0 unspecified atom stereocenters. The van der Waals surface area contributed by atoms with E-state index < -0.39 is 11.9 Å². The van der Waals surface area contributed by atoms with Gasteiger partial charge in [0, 0.05) is 49.0 Å². The standard InChI is InChI=1S/C29H26N6O6/c36-26(18-4-10-30-22(14-18)24-16-20(28(38)39)6-12-32-24)34-8-2-1-3-9-35-27(37)19-5-11-31-23(15-19)25-17-21(29(40)41)7-13-33-25/h4-7,10-17H,1-3,8-9H2,(H,34,36)(H,35,37)(H,38,39)(H,40,41). The smallest absolute Gasteiger partial charge is 0.335 e. The first kappa shape index (κ1) is 28.5. The van der Waals surface area contributed by atoms with Gasteiger partial charge in [-0.3, -0.25) is 29.5 Å². The lowest BCUT2D eigenvalue weighted by Crippen LogP contribution is -2.26. The molecule has 0 radical (unpaired) electrons. The molecular weight excluding hydrogens is 528 g/mol. The lowest BCUT2D eigenvalue weighted by Gasteiger charge is -2.08. The number of carboxylic acids is 2. The van der Waals surface area contributed by atoms with Crippen LogP contribution in [0.25, 0.3) is 22.8 Å². The highest BCUT2D eigenvalue weighted by molar-refractivity contribution is 5.96. The summed E-state index contributed by atoms with van der Waals surface area (Å²) in [6, 6.07) is 11.8. The second-order valence-electron chi connectivity index (χ2n) is 8.90. The fraction of sp³-hybridized carbons (Fsp3) is 0.172. The number of nitrogens with one attached hydrogen (secondary N) is 2. The number of carboxylic acid groups (broad SMARTS) is 2. The van der Waals surface area contributed by atoms with E-state index in [1.807, 2.05) is 0 Å². The van der Waals surface area contributed by atoms with E-state index >= 15 is 0 Å². The Labute approximate surface area is 234 Å². The molecule has 0 aliphatic heterocycles. The Morgan fingerprint density at radius 3 is 1.17 bits per heavy atom. The second-order valence-corrected chi connectivity index (χ2v) is 8.90. The van der Waals surface area contributed by atoms with Gasteiger partial charge in [0.25, 0.3) is 11.8 Å². The maximum Gasteiger partial charge on any atom is 0.335 e. The van der Waals surface area contributed by atoms with E-state index in [4.69, 9.17) is 0 Å². The Hall–Kier alpha value is -5.52. The lowest BCUT2D eigenvalue weighted by molar-refractivity contribution is 0.0686. The van der Waals surface area contributed by atoms with Gasteiger partial charge >= 0.3 is 11.9 Å². The minimum atomic E-state index is -1.08. The summed E-state index contributed by atoms with van der Waals surface area (Å²) < 4.78 is 0. The van der Waals surface area contributed by atoms with E-state index in [0.29, 0.717) is 59.8 Å². The monoisotopic (exact) mass is 554 g/mol. The van der Waals surface area contributed by atoms with Crippen LogP contribution in [-0.4, -0.2) is 67.0 Å². The van der Waals surface area contributed by atoms with Crippen molar-refractivity contribution in [2.75, 3.05) is 13.1 Å². The first-order chi connectivity index (χ1) is 19.8. The van der Waals surface area contributed by atoms with Crippen LogP contribution in [0.5, 0.6) is 0 Å². The molecule has 0 aromatic carbocycles. The summed E-state index contributed by atoms with van der Waals surface area (Å²) in [6.45, 7) is 0.876. The summed E-state index contributed by atoms with van der Waals surface area (Å²) in [5.41, 5.74) is 2.41. The summed E-state index contributed by atoms with van der Waals surface area (Å²) in [7, 11) is 0. The van der Waals surface area contributed by atoms with Gasteiger partial charge in [-0.1, -0.05) is 0 Å². The first-order valence-electron chi connectivity index (χ1n) is 12.7. The number of hydrogen-bond acceptors (Lipinski definition) is 8. The minimum Gasteiger partial charge on any atom is -0.478 e. The van der Waals surface area contributed by atoms with Crippen LogP contribution in [0.4, 0.5) is 0 Å². The largest absolute Gasteiger partial charge is 0.478 e. The molecule has 4 N–H and O–H groups in total. The fourth-order valence-corrected chi connectivity index (χ4v) is 3.87. The van der Waals surface area contributed by atoms with Crippen LogP contribution in [0.3, 0.4) is 0 Å².